The molecule has 3 fully saturated rings. The Morgan fingerprint density at radius 1 is 1.06 bits per heavy atom. The highest BCUT2D eigenvalue weighted by atomic mass is 16.5. The largest absolute Gasteiger partial charge is 0.367 e. The van der Waals surface area contributed by atoms with Gasteiger partial charge in [-0.3, -0.25) is 9.59 Å². The number of Topliss-reactive ketones (excluding diaryl/α,β-unsaturated/α-hetero) is 2. The molecule has 3 heteroatoms. The number of ketones is 2. The first kappa shape index (κ1) is 11.4. The lowest BCUT2D eigenvalue weighted by atomic mass is 9.48. The second-order valence-electron chi connectivity index (χ2n) is 6.82. The van der Waals surface area contributed by atoms with Crippen LogP contribution in [0.1, 0.15) is 47.5 Å². The fraction of sp³-hybridized carbons (Fsp3) is 0.857. The zero-order valence-corrected chi connectivity index (χ0v) is 11.2. The van der Waals surface area contributed by atoms with Gasteiger partial charge in [-0.1, -0.05) is 6.92 Å². The minimum Gasteiger partial charge on any atom is -0.367 e. The Hall–Kier alpha value is -0.700. The Morgan fingerprint density at radius 3 is 2.18 bits per heavy atom. The van der Waals surface area contributed by atoms with Gasteiger partial charge in [0.05, 0.1) is 28.5 Å². The maximum absolute atomic E-state index is 12.4. The van der Waals surface area contributed by atoms with Crippen LogP contribution in [0.3, 0.4) is 0 Å². The van der Waals surface area contributed by atoms with Crippen molar-refractivity contribution < 1.29 is 14.3 Å². The summed E-state index contributed by atoms with van der Waals surface area (Å²) in [4.78, 5) is 24.7. The standard InChI is InChI=1S/C14H20O3/c1-8-7-11(2)12(3)9(15)6-10(16)13(12,4)14(8,5)17-11/h8H,6-7H2,1-5H3. The highest BCUT2D eigenvalue weighted by molar-refractivity contribution is 6.14. The van der Waals surface area contributed by atoms with Crippen LogP contribution < -0.4 is 0 Å². The number of rotatable bonds is 0. The molecule has 0 aromatic carbocycles. The van der Waals surface area contributed by atoms with Gasteiger partial charge in [0, 0.05) is 0 Å². The number of carbonyl (C=O) groups is 2. The Morgan fingerprint density at radius 2 is 1.59 bits per heavy atom. The summed E-state index contributed by atoms with van der Waals surface area (Å²) in [6.45, 7) is 10.0. The molecule has 2 bridgehead atoms. The van der Waals surface area contributed by atoms with Crippen molar-refractivity contribution in [3.05, 3.63) is 0 Å². The fourth-order valence-corrected chi connectivity index (χ4v) is 4.94. The normalized spacial score (nSPS) is 61.1. The van der Waals surface area contributed by atoms with E-state index in [1.165, 1.54) is 0 Å². The Balaban J connectivity index is 2.32. The molecule has 3 nitrogen and oxygen atoms in total. The molecule has 0 amide bonds. The quantitative estimate of drug-likeness (QED) is 0.605. The predicted octanol–water partition coefficient (Wildman–Crippen LogP) is 2.13. The Labute approximate surface area is 102 Å². The predicted molar refractivity (Wildman–Crippen MR) is 62.5 cm³/mol. The van der Waals surface area contributed by atoms with E-state index in [-0.39, 0.29) is 18.0 Å². The van der Waals surface area contributed by atoms with Gasteiger partial charge in [-0.2, -0.15) is 0 Å². The van der Waals surface area contributed by atoms with E-state index in [0.29, 0.717) is 5.92 Å². The van der Waals surface area contributed by atoms with E-state index in [9.17, 15) is 9.59 Å². The highest BCUT2D eigenvalue weighted by Gasteiger charge is 2.84. The number of ether oxygens (including phenoxy) is 1. The summed E-state index contributed by atoms with van der Waals surface area (Å²) in [6.07, 6.45) is 0.961. The third kappa shape index (κ3) is 0.770. The monoisotopic (exact) mass is 236 g/mol. The summed E-state index contributed by atoms with van der Waals surface area (Å²) >= 11 is 0. The molecule has 94 valence electrons. The van der Waals surface area contributed by atoms with Gasteiger partial charge in [0.1, 0.15) is 11.6 Å². The molecule has 2 heterocycles. The number of fused-ring (bicyclic) bond motifs is 5. The molecule has 2 saturated heterocycles. The topological polar surface area (TPSA) is 43.4 Å². The maximum atomic E-state index is 12.4. The van der Waals surface area contributed by atoms with Crippen LogP contribution >= 0.6 is 0 Å². The SMILES string of the molecule is CC1CC2(C)OC1(C)C1(C)C(=O)CC(=O)C21C. The van der Waals surface area contributed by atoms with Crippen LogP contribution in [0.25, 0.3) is 0 Å². The lowest BCUT2D eigenvalue weighted by Crippen LogP contribution is -2.59. The van der Waals surface area contributed by atoms with Crippen LogP contribution in [-0.2, 0) is 14.3 Å². The summed E-state index contributed by atoms with van der Waals surface area (Å²) in [6, 6.07) is 0. The van der Waals surface area contributed by atoms with Crippen LogP contribution in [0.4, 0.5) is 0 Å². The van der Waals surface area contributed by atoms with Crippen molar-refractivity contribution in [3.8, 4) is 0 Å². The van der Waals surface area contributed by atoms with Crippen molar-refractivity contribution >= 4 is 11.6 Å². The number of hydrogen-bond donors (Lipinski definition) is 0. The van der Waals surface area contributed by atoms with Gasteiger partial charge in [-0.05, 0) is 40.0 Å². The van der Waals surface area contributed by atoms with Crippen molar-refractivity contribution in [2.45, 2.75) is 58.7 Å². The molecule has 0 aromatic heterocycles. The van der Waals surface area contributed by atoms with Gasteiger partial charge >= 0.3 is 0 Å². The van der Waals surface area contributed by atoms with E-state index in [1.54, 1.807) is 0 Å². The van der Waals surface area contributed by atoms with Gasteiger partial charge in [0.15, 0.2) is 0 Å². The zero-order chi connectivity index (χ0) is 12.9. The molecule has 5 unspecified atom stereocenters. The molecule has 0 N–H and O–H groups in total. The van der Waals surface area contributed by atoms with Gasteiger partial charge in [-0.15, -0.1) is 0 Å². The molecule has 5 atom stereocenters. The smallest absolute Gasteiger partial charge is 0.150 e. The molecule has 3 rings (SSSR count). The molecule has 17 heavy (non-hydrogen) atoms. The van der Waals surface area contributed by atoms with Gasteiger partial charge < -0.3 is 4.74 Å². The molecular formula is C14H20O3. The van der Waals surface area contributed by atoms with E-state index < -0.39 is 22.0 Å². The number of carbonyl (C=O) groups excluding carboxylic acids is 2. The molecule has 0 spiro atoms. The van der Waals surface area contributed by atoms with Crippen LogP contribution in [0, 0.1) is 16.7 Å². The van der Waals surface area contributed by atoms with E-state index >= 15 is 0 Å². The molecule has 0 radical (unpaired) electrons. The van der Waals surface area contributed by atoms with Crippen molar-refractivity contribution in [1.82, 2.24) is 0 Å². The summed E-state index contributed by atoms with van der Waals surface area (Å²) in [7, 11) is 0. The highest BCUT2D eigenvalue weighted by Crippen LogP contribution is 2.74. The third-order valence-corrected chi connectivity index (χ3v) is 6.56. The van der Waals surface area contributed by atoms with Gasteiger partial charge in [0.2, 0.25) is 0 Å². The fourth-order valence-electron chi connectivity index (χ4n) is 4.94. The Kier molecular flexibility index (Phi) is 1.68. The lowest BCUT2D eigenvalue weighted by molar-refractivity contribution is -0.141. The first-order chi connectivity index (χ1) is 7.63. The number of hydrogen-bond acceptors (Lipinski definition) is 3. The van der Waals surface area contributed by atoms with Crippen LogP contribution in [0.15, 0.2) is 0 Å². The molecule has 3 aliphatic rings. The first-order valence-electron chi connectivity index (χ1n) is 6.40. The summed E-state index contributed by atoms with van der Waals surface area (Å²) in [5.74, 6) is 0.464. The van der Waals surface area contributed by atoms with Crippen molar-refractivity contribution in [2.24, 2.45) is 16.7 Å². The molecule has 1 saturated carbocycles. The molecule has 2 aliphatic heterocycles. The van der Waals surface area contributed by atoms with Gasteiger partial charge in [0.25, 0.3) is 0 Å². The maximum Gasteiger partial charge on any atom is 0.150 e. The summed E-state index contributed by atoms with van der Waals surface area (Å²) < 4.78 is 6.23. The second-order valence-corrected chi connectivity index (χ2v) is 6.82. The minimum atomic E-state index is -0.649. The van der Waals surface area contributed by atoms with E-state index in [2.05, 4.69) is 6.92 Å². The van der Waals surface area contributed by atoms with E-state index in [1.807, 2.05) is 27.7 Å². The second kappa shape index (κ2) is 2.51. The molecular weight excluding hydrogens is 216 g/mol. The minimum absolute atomic E-state index is 0.0720. The summed E-state index contributed by atoms with van der Waals surface area (Å²) in [5, 5.41) is 0. The Bertz CT molecular complexity index is 456. The van der Waals surface area contributed by atoms with Crippen molar-refractivity contribution in [1.29, 1.82) is 0 Å². The third-order valence-electron chi connectivity index (χ3n) is 6.56. The van der Waals surface area contributed by atoms with Gasteiger partial charge in [-0.25, -0.2) is 0 Å². The zero-order valence-electron chi connectivity index (χ0n) is 11.2. The van der Waals surface area contributed by atoms with E-state index in [0.717, 1.165) is 6.42 Å². The van der Waals surface area contributed by atoms with E-state index in [4.69, 9.17) is 4.74 Å². The lowest BCUT2D eigenvalue weighted by Gasteiger charge is -2.49. The van der Waals surface area contributed by atoms with Crippen LogP contribution in [0.2, 0.25) is 0 Å². The van der Waals surface area contributed by atoms with Crippen molar-refractivity contribution in [3.63, 3.8) is 0 Å². The van der Waals surface area contributed by atoms with Crippen LogP contribution in [0.5, 0.6) is 0 Å². The summed E-state index contributed by atoms with van der Waals surface area (Å²) in [5.41, 5.74) is -2.25. The molecule has 1 aliphatic carbocycles. The van der Waals surface area contributed by atoms with Crippen molar-refractivity contribution in [2.75, 3.05) is 0 Å². The van der Waals surface area contributed by atoms with Crippen LogP contribution in [-0.4, -0.2) is 22.8 Å². The first-order valence-corrected chi connectivity index (χ1v) is 6.40. The average Bonchev–Trinajstić information content (AvgIpc) is 2.61. The molecule has 0 aromatic rings. The average molecular weight is 236 g/mol.